The van der Waals surface area contributed by atoms with E-state index in [0.717, 1.165) is 37.2 Å². The molecular weight excluding hydrogens is 464 g/mol. The van der Waals surface area contributed by atoms with Gasteiger partial charge in [0.05, 0.1) is 6.67 Å². The number of phenolic OH excluding ortho intramolecular Hbond substituents is 2. The summed E-state index contributed by atoms with van der Waals surface area (Å²) in [6.45, 7) is 4.52. The highest BCUT2D eigenvalue weighted by Gasteiger charge is 2.31. The molecule has 1 fully saturated rings. The molecule has 2 heterocycles. The highest BCUT2D eigenvalue weighted by atomic mass is 19.1. The number of ether oxygens (including phenoxy) is 2. The van der Waals surface area contributed by atoms with Gasteiger partial charge in [-0.3, -0.25) is 9.29 Å². The maximum atomic E-state index is 15.0. The molecule has 0 spiro atoms. The lowest BCUT2D eigenvalue weighted by molar-refractivity contribution is 0.228. The summed E-state index contributed by atoms with van der Waals surface area (Å²) in [4.78, 5) is 2.22. The largest absolute Gasteiger partial charge is 0.508 e. The molecule has 2 N–H and O–H groups in total. The summed E-state index contributed by atoms with van der Waals surface area (Å²) in [5, 5.41) is 20.1. The Labute approximate surface area is 209 Å². The lowest BCUT2D eigenvalue weighted by atomic mass is 9.86. The Balaban J connectivity index is 1.40. The molecule has 0 amide bonds. The minimum Gasteiger partial charge on any atom is -0.508 e. The van der Waals surface area contributed by atoms with Crippen LogP contribution in [0.2, 0.25) is 0 Å². The highest BCUT2D eigenvalue weighted by Crippen LogP contribution is 2.48. The van der Waals surface area contributed by atoms with Crippen LogP contribution < -0.4 is 9.47 Å². The normalized spacial score (nSPS) is 19.8. The second kappa shape index (κ2) is 10.2. The Morgan fingerprint density at radius 1 is 1.00 bits per heavy atom. The van der Waals surface area contributed by atoms with Gasteiger partial charge in [0.25, 0.3) is 0 Å². The van der Waals surface area contributed by atoms with Gasteiger partial charge in [0.2, 0.25) is 0 Å². The van der Waals surface area contributed by atoms with E-state index in [-0.39, 0.29) is 29.7 Å². The first kappa shape index (κ1) is 24.1. The van der Waals surface area contributed by atoms with Gasteiger partial charge in [0.15, 0.2) is 0 Å². The van der Waals surface area contributed by atoms with Crippen molar-refractivity contribution in [3.63, 3.8) is 0 Å². The third-order valence-corrected chi connectivity index (χ3v) is 6.97. The lowest BCUT2D eigenvalue weighted by Gasteiger charge is -2.31. The molecule has 3 aromatic carbocycles. The fourth-order valence-corrected chi connectivity index (χ4v) is 5.01. The third-order valence-electron chi connectivity index (χ3n) is 6.97. The van der Waals surface area contributed by atoms with Crippen molar-refractivity contribution in [2.24, 2.45) is 5.92 Å². The van der Waals surface area contributed by atoms with E-state index in [1.807, 2.05) is 31.2 Å². The minimum absolute atomic E-state index is 0.0493. The van der Waals surface area contributed by atoms with Crippen LogP contribution in [0.1, 0.15) is 36.1 Å². The fourth-order valence-electron chi connectivity index (χ4n) is 5.01. The number of benzene rings is 3. The average molecular weight is 494 g/mol. The number of rotatable bonds is 7. The molecule has 2 aliphatic rings. The van der Waals surface area contributed by atoms with Gasteiger partial charge in [-0.15, -0.1) is 0 Å². The van der Waals surface area contributed by atoms with Gasteiger partial charge in [-0.25, -0.2) is 4.39 Å². The van der Waals surface area contributed by atoms with Gasteiger partial charge in [-0.05, 0) is 79.6 Å². The molecular formula is C29H29F2NO4. The van der Waals surface area contributed by atoms with Crippen molar-refractivity contribution in [2.75, 3.05) is 32.9 Å². The Morgan fingerprint density at radius 3 is 2.44 bits per heavy atom. The van der Waals surface area contributed by atoms with Crippen LogP contribution in [0.4, 0.5) is 8.78 Å². The predicted octanol–water partition coefficient (Wildman–Crippen LogP) is 5.97. The lowest BCUT2D eigenvalue weighted by Crippen LogP contribution is -2.26. The van der Waals surface area contributed by atoms with Crippen molar-refractivity contribution in [1.82, 2.24) is 4.90 Å². The molecule has 2 atom stereocenters. The Hall–Kier alpha value is -3.58. The molecule has 5 rings (SSSR count). The molecule has 7 heteroatoms. The van der Waals surface area contributed by atoms with Crippen LogP contribution >= 0.6 is 0 Å². The van der Waals surface area contributed by atoms with E-state index in [2.05, 4.69) is 4.90 Å². The molecule has 188 valence electrons. The maximum absolute atomic E-state index is 15.0. The molecule has 0 aliphatic carbocycles. The Bertz CT molecular complexity index is 1270. The van der Waals surface area contributed by atoms with Crippen LogP contribution in [0, 0.1) is 11.7 Å². The summed E-state index contributed by atoms with van der Waals surface area (Å²) >= 11 is 0. The molecule has 0 saturated carbocycles. The number of nitrogens with zero attached hydrogens (tertiary/aromatic N) is 1. The smallest absolute Gasteiger partial charge is 0.150 e. The molecule has 0 aromatic heterocycles. The molecule has 5 nitrogen and oxygen atoms in total. The summed E-state index contributed by atoms with van der Waals surface area (Å²) in [7, 11) is 0. The van der Waals surface area contributed by atoms with Gasteiger partial charge >= 0.3 is 0 Å². The molecule has 2 aliphatic heterocycles. The van der Waals surface area contributed by atoms with Gasteiger partial charge in [0.1, 0.15) is 41.5 Å². The zero-order valence-corrected chi connectivity index (χ0v) is 20.1. The molecule has 3 aromatic rings. The van der Waals surface area contributed by atoms with Crippen molar-refractivity contribution < 1.29 is 28.5 Å². The summed E-state index contributed by atoms with van der Waals surface area (Å²) in [5.41, 5.74) is 3.03. The van der Waals surface area contributed by atoms with Gasteiger partial charge in [0, 0.05) is 35.7 Å². The number of likely N-dealkylation sites (tertiary alicyclic amines) is 1. The number of aromatic hydroxyl groups is 2. The Kier molecular flexibility index (Phi) is 6.83. The van der Waals surface area contributed by atoms with E-state index < -0.39 is 11.9 Å². The zero-order chi connectivity index (χ0) is 25.2. The van der Waals surface area contributed by atoms with E-state index in [4.69, 9.17) is 9.47 Å². The maximum Gasteiger partial charge on any atom is 0.150 e. The van der Waals surface area contributed by atoms with E-state index in [1.54, 1.807) is 18.2 Å². The minimum atomic E-state index is -0.630. The van der Waals surface area contributed by atoms with E-state index in [0.29, 0.717) is 29.2 Å². The summed E-state index contributed by atoms with van der Waals surface area (Å²) < 4.78 is 40.0. The number of alkyl halides is 1. The average Bonchev–Trinajstić information content (AvgIpc) is 3.34. The first-order valence-electron chi connectivity index (χ1n) is 12.1. The molecule has 36 heavy (non-hydrogen) atoms. The Morgan fingerprint density at radius 2 is 1.72 bits per heavy atom. The second-order valence-corrected chi connectivity index (χ2v) is 9.41. The zero-order valence-electron chi connectivity index (χ0n) is 20.1. The summed E-state index contributed by atoms with van der Waals surface area (Å²) in [5.74, 6) is 0.976. The van der Waals surface area contributed by atoms with Crippen LogP contribution in [0.5, 0.6) is 23.0 Å². The highest BCUT2D eigenvalue weighted by molar-refractivity contribution is 5.96. The number of halogens is 2. The van der Waals surface area contributed by atoms with E-state index in [9.17, 15) is 19.0 Å². The van der Waals surface area contributed by atoms with Gasteiger partial charge < -0.3 is 19.7 Å². The van der Waals surface area contributed by atoms with Crippen LogP contribution in [-0.4, -0.2) is 48.0 Å². The summed E-state index contributed by atoms with van der Waals surface area (Å²) in [6.07, 6.45) is 0.263. The third kappa shape index (κ3) is 4.88. The molecule has 0 bridgehead atoms. The first-order chi connectivity index (χ1) is 17.4. The SMILES string of the molecule is CC1=C(c2cc(O)ccc2F)C(c2ccc(OCCN3CC[C@@H](CF)C3)cc2)Oc2ccc(O)cc21. The van der Waals surface area contributed by atoms with Gasteiger partial charge in [-0.1, -0.05) is 12.1 Å². The van der Waals surface area contributed by atoms with Crippen molar-refractivity contribution in [2.45, 2.75) is 19.4 Å². The van der Waals surface area contributed by atoms with Crippen LogP contribution in [0.3, 0.4) is 0 Å². The van der Waals surface area contributed by atoms with Crippen molar-refractivity contribution in [3.8, 4) is 23.0 Å². The quantitative estimate of drug-likeness (QED) is 0.425. The number of fused-ring (bicyclic) bond motifs is 1. The fraction of sp³-hybridized carbons (Fsp3) is 0.310. The van der Waals surface area contributed by atoms with Crippen molar-refractivity contribution in [3.05, 3.63) is 83.2 Å². The van der Waals surface area contributed by atoms with E-state index in [1.165, 1.54) is 18.2 Å². The van der Waals surface area contributed by atoms with E-state index >= 15 is 0 Å². The predicted molar refractivity (Wildman–Crippen MR) is 134 cm³/mol. The second-order valence-electron chi connectivity index (χ2n) is 9.41. The molecule has 1 saturated heterocycles. The number of hydrogen-bond acceptors (Lipinski definition) is 5. The number of allylic oxidation sites excluding steroid dienone is 1. The first-order valence-corrected chi connectivity index (χ1v) is 12.1. The van der Waals surface area contributed by atoms with Crippen molar-refractivity contribution >= 4 is 11.1 Å². The monoisotopic (exact) mass is 493 g/mol. The van der Waals surface area contributed by atoms with Gasteiger partial charge in [-0.2, -0.15) is 0 Å². The standard InChI is InChI=1S/C29H29F2NO4/c1-18-24-14-22(34)5-9-27(24)36-29(28(18)25-15-21(33)4-8-26(25)31)20-2-6-23(7-3-20)35-13-12-32-11-10-19(16-30)17-32/h2-9,14-15,19,29,33-34H,10-13,16-17H2,1H3/t19-,29?/m0/s1. The number of phenols is 2. The van der Waals surface area contributed by atoms with Crippen LogP contribution in [-0.2, 0) is 0 Å². The van der Waals surface area contributed by atoms with Crippen molar-refractivity contribution in [1.29, 1.82) is 0 Å². The van der Waals surface area contributed by atoms with Crippen LogP contribution in [0.25, 0.3) is 11.1 Å². The summed E-state index contributed by atoms with van der Waals surface area (Å²) in [6, 6.07) is 16.2. The molecule has 1 unspecified atom stereocenters. The van der Waals surface area contributed by atoms with Crippen LogP contribution in [0.15, 0.2) is 60.7 Å². The molecule has 0 radical (unpaired) electrons. The number of hydrogen-bond donors (Lipinski definition) is 2. The topological polar surface area (TPSA) is 62.2 Å².